The van der Waals surface area contributed by atoms with Gasteiger partial charge in [-0.05, 0) is 30.4 Å². The molecule has 144 valence electrons. The average Bonchev–Trinajstić information content (AvgIpc) is 2.70. The van der Waals surface area contributed by atoms with Crippen molar-refractivity contribution >= 4 is 11.8 Å². The third-order valence-electron chi connectivity index (χ3n) is 4.81. The molecule has 2 N–H and O–H groups in total. The van der Waals surface area contributed by atoms with E-state index in [2.05, 4.69) is 10.6 Å². The first-order valence-corrected chi connectivity index (χ1v) is 9.82. The second kappa shape index (κ2) is 11.2. The lowest BCUT2D eigenvalue weighted by Crippen LogP contribution is -2.34. The Balaban J connectivity index is 1.73. The van der Waals surface area contributed by atoms with E-state index in [0.29, 0.717) is 19.5 Å². The first kappa shape index (κ1) is 20.7. The lowest BCUT2D eigenvalue weighted by molar-refractivity contribution is -0.122. The largest absolute Gasteiger partial charge is 0.356 e. The van der Waals surface area contributed by atoms with E-state index in [1.165, 1.54) is 0 Å². The number of hydrogen-bond acceptors (Lipinski definition) is 2. The molecule has 0 spiro atoms. The van der Waals surface area contributed by atoms with Crippen LogP contribution in [0.2, 0.25) is 0 Å². The molecule has 4 nitrogen and oxygen atoms in total. The summed E-state index contributed by atoms with van der Waals surface area (Å²) < 4.78 is 0. The van der Waals surface area contributed by atoms with Gasteiger partial charge >= 0.3 is 0 Å². The standard InChI is InChI=1S/C23H30N2O2/c1-3-20(18-12-7-5-8-13-18)22(26)24-16-11-17-25-23(27)21(4-2)19-14-9-6-10-15-19/h5-10,12-15,20-21H,3-4,11,16-17H2,1-2H3,(H,24,26)(H,25,27)/t20-,21-/m0/s1. The van der Waals surface area contributed by atoms with Crippen molar-refractivity contribution in [2.75, 3.05) is 13.1 Å². The molecule has 0 fully saturated rings. The maximum absolute atomic E-state index is 12.4. The van der Waals surface area contributed by atoms with Crippen molar-refractivity contribution < 1.29 is 9.59 Å². The smallest absolute Gasteiger partial charge is 0.227 e. The lowest BCUT2D eigenvalue weighted by atomic mass is 9.95. The summed E-state index contributed by atoms with van der Waals surface area (Å²) in [5, 5.41) is 5.98. The van der Waals surface area contributed by atoms with Crippen molar-refractivity contribution in [1.82, 2.24) is 10.6 Å². The molecule has 2 amide bonds. The van der Waals surface area contributed by atoms with E-state index in [0.717, 1.165) is 24.0 Å². The van der Waals surface area contributed by atoms with Crippen LogP contribution in [0.25, 0.3) is 0 Å². The Morgan fingerprint density at radius 2 is 1.07 bits per heavy atom. The van der Waals surface area contributed by atoms with Gasteiger partial charge in [0, 0.05) is 13.1 Å². The van der Waals surface area contributed by atoms with E-state index in [9.17, 15) is 9.59 Å². The van der Waals surface area contributed by atoms with E-state index in [1.54, 1.807) is 0 Å². The predicted molar refractivity (Wildman–Crippen MR) is 110 cm³/mol. The molecule has 2 aromatic rings. The second-order valence-corrected chi connectivity index (χ2v) is 6.68. The van der Waals surface area contributed by atoms with Gasteiger partial charge < -0.3 is 10.6 Å². The fourth-order valence-corrected chi connectivity index (χ4v) is 3.27. The minimum Gasteiger partial charge on any atom is -0.356 e. The number of rotatable bonds is 10. The molecular weight excluding hydrogens is 336 g/mol. The Labute approximate surface area is 162 Å². The Morgan fingerprint density at radius 1 is 0.704 bits per heavy atom. The highest BCUT2D eigenvalue weighted by molar-refractivity contribution is 5.84. The maximum Gasteiger partial charge on any atom is 0.227 e. The molecule has 2 atom stereocenters. The average molecular weight is 367 g/mol. The third-order valence-corrected chi connectivity index (χ3v) is 4.81. The van der Waals surface area contributed by atoms with Crippen LogP contribution in [0.1, 0.15) is 56.1 Å². The number of nitrogens with one attached hydrogen (secondary N) is 2. The van der Waals surface area contributed by atoms with Crippen molar-refractivity contribution in [3.05, 3.63) is 71.8 Å². The molecule has 0 aromatic heterocycles. The molecule has 0 saturated heterocycles. The van der Waals surface area contributed by atoms with Crippen LogP contribution in [-0.2, 0) is 9.59 Å². The van der Waals surface area contributed by atoms with Crippen molar-refractivity contribution in [3.63, 3.8) is 0 Å². The van der Waals surface area contributed by atoms with Gasteiger partial charge in [0.25, 0.3) is 0 Å². The number of carbonyl (C=O) groups excluding carboxylic acids is 2. The highest BCUT2D eigenvalue weighted by atomic mass is 16.2. The Kier molecular flexibility index (Phi) is 8.56. The van der Waals surface area contributed by atoms with Crippen molar-refractivity contribution in [2.45, 2.75) is 44.9 Å². The molecular formula is C23H30N2O2. The fraction of sp³-hybridized carbons (Fsp3) is 0.391. The van der Waals surface area contributed by atoms with E-state index >= 15 is 0 Å². The van der Waals surface area contributed by atoms with Crippen LogP contribution in [0.3, 0.4) is 0 Å². The summed E-state index contributed by atoms with van der Waals surface area (Å²) in [5.74, 6) is -0.150. The zero-order chi connectivity index (χ0) is 19.5. The Hall–Kier alpha value is -2.62. The number of hydrogen-bond donors (Lipinski definition) is 2. The first-order valence-electron chi connectivity index (χ1n) is 9.82. The van der Waals surface area contributed by atoms with Crippen LogP contribution in [0.15, 0.2) is 60.7 Å². The van der Waals surface area contributed by atoms with Gasteiger partial charge in [-0.25, -0.2) is 0 Å². The van der Waals surface area contributed by atoms with Crippen LogP contribution < -0.4 is 10.6 Å². The summed E-state index contributed by atoms with van der Waals surface area (Å²) in [4.78, 5) is 24.8. The summed E-state index contributed by atoms with van der Waals surface area (Å²) in [6, 6.07) is 19.7. The summed E-state index contributed by atoms with van der Waals surface area (Å²) in [6.07, 6.45) is 2.25. The fourth-order valence-electron chi connectivity index (χ4n) is 3.27. The van der Waals surface area contributed by atoms with Gasteiger partial charge in [-0.2, -0.15) is 0 Å². The normalized spacial score (nSPS) is 12.8. The third kappa shape index (κ3) is 6.24. The molecule has 0 unspecified atom stereocenters. The molecule has 4 heteroatoms. The van der Waals surface area contributed by atoms with Gasteiger partial charge in [-0.15, -0.1) is 0 Å². The van der Waals surface area contributed by atoms with Gasteiger partial charge in [0.1, 0.15) is 0 Å². The summed E-state index contributed by atoms with van der Waals surface area (Å²) in [5.41, 5.74) is 2.08. The molecule has 0 aliphatic rings. The van der Waals surface area contributed by atoms with Gasteiger partial charge in [-0.1, -0.05) is 74.5 Å². The zero-order valence-electron chi connectivity index (χ0n) is 16.3. The number of benzene rings is 2. The lowest BCUT2D eigenvalue weighted by Gasteiger charge is -2.17. The van der Waals surface area contributed by atoms with Crippen LogP contribution >= 0.6 is 0 Å². The van der Waals surface area contributed by atoms with E-state index < -0.39 is 0 Å². The predicted octanol–water partition coefficient (Wildman–Crippen LogP) is 4.00. The molecule has 0 saturated carbocycles. The SMILES string of the molecule is CC[C@H](C(=O)NCCCNC(=O)[C@@H](CC)c1ccccc1)c1ccccc1. The molecule has 2 aromatic carbocycles. The maximum atomic E-state index is 12.4. The molecule has 0 aliphatic carbocycles. The van der Waals surface area contributed by atoms with Crippen molar-refractivity contribution in [1.29, 1.82) is 0 Å². The first-order chi connectivity index (χ1) is 13.2. The summed E-state index contributed by atoms with van der Waals surface area (Å²) in [6.45, 7) is 5.16. The summed E-state index contributed by atoms with van der Waals surface area (Å²) >= 11 is 0. The monoisotopic (exact) mass is 366 g/mol. The van der Waals surface area contributed by atoms with Gasteiger partial charge in [0.2, 0.25) is 11.8 Å². The second-order valence-electron chi connectivity index (χ2n) is 6.68. The van der Waals surface area contributed by atoms with Crippen molar-refractivity contribution in [3.8, 4) is 0 Å². The molecule has 0 heterocycles. The van der Waals surface area contributed by atoms with E-state index in [1.807, 2.05) is 74.5 Å². The Bertz CT molecular complexity index is 639. The van der Waals surface area contributed by atoms with E-state index in [-0.39, 0.29) is 23.7 Å². The molecule has 0 bridgehead atoms. The Morgan fingerprint density at radius 3 is 1.41 bits per heavy atom. The highest BCUT2D eigenvalue weighted by Crippen LogP contribution is 2.20. The molecule has 2 rings (SSSR count). The highest BCUT2D eigenvalue weighted by Gasteiger charge is 2.19. The minimum absolute atomic E-state index is 0.0470. The summed E-state index contributed by atoms with van der Waals surface area (Å²) in [7, 11) is 0. The zero-order valence-corrected chi connectivity index (χ0v) is 16.3. The van der Waals surface area contributed by atoms with Gasteiger partial charge in [0.15, 0.2) is 0 Å². The van der Waals surface area contributed by atoms with Gasteiger partial charge in [-0.3, -0.25) is 9.59 Å². The van der Waals surface area contributed by atoms with Crippen LogP contribution in [0.5, 0.6) is 0 Å². The minimum atomic E-state index is -0.122. The number of amides is 2. The number of carbonyl (C=O) groups is 2. The van der Waals surface area contributed by atoms with Crippen LogP contribution in [0.4, 0.5) is 0 Å². The van der Waals surface area contributed by atoms with Gasteiger partial charge in [0.05, 0.1) is 11.8 Å². The quantitative estimate of drug-likeness (QED) is 0.625. The molecule has 0 radical (unpaired) electrons. The van der Waals surface area contributed by atoms with Crippen LogP contribution in [-0.4, -0.2) is 24.9 Å². The molecule has 0 aliphatic heterocycles. The van der Waals surface area contributed by atoms with Crippen molar-refractivity contribution in [2.24, 2.45) is 0 Å². The molecule has 27 heavy (non-hydrogen) atoms. The topological polar surface area (TPSA) is 58.2 Å². The van der Waals surface area contributed by atoms with Crippen LogP contribution in [0, 0.1) is 0 Å². The van der Waals surface area contributed by atoms with E-state index in [4.69, 9.17) is 0 Å².